The van der Waals surface area contributed by atoms with E-state index in [-0.39, 0.29) is 11.7 Å². The topological polar surface area (TPSA) is 108 Å². The van der Waals surface area contributed by atoms with E-state index in [1.54, 1.807) is 31.5 Å². The molecule has 0 atom stereocenters. The average molecular weight is 434 g/mol. The van der Waals surface area contributed by atoms with E-state index >= 15 is 0 Å². The Labute approximate surface area is 187 Å². The third-order valence-electron chi connectivity index (χ3n) is 5.28. The molecule has 1 aliphatic rings. The first-order valence-corrected chi connectivity index (χ1v) is 10.5. The second-order valence-electron chi connectivity index (χ2n) is 7.69. The molecule has 1 amide bonds. The molecule has 32 heavy (non-hydrogen) atoms. The average Bonchev–Trinajstić information content (AvgIpc) is 2.92. The summed E-state index contributed by atoms with van der Waals surface area (Å²) >= 11 is 0. The second kappa shape index (κ2) is 9.67. The number of hydrogen-bond donors (Lipinski definition) is 5. The molecule has 4 rings (SSSR count). The minimum Gasteiger partial charge on any atom is -0.508 e. The summed E-state index contributed by atoms with van der Waals surface area (Å²) in [6.07, 6.45) is 2.58. The fourth-order valence-corrected chi connectivity index (χ4v) is 3.58. The van der Waals surface area contributed by atoms with Gasteiger partial charge in [0.2, 0.25) is 0 Å². The Morgan fingerprint density at radius 2 is 1.94 bits per heavy atom. The number of ether oxygens (including phenoxy) is 1. The predicted octanol–water partition coefficient (Wildman–Crippen LogP) is 4.27. The number of nitrogens with zero attached hydrogens (tertiary/aromatic N) is 1. The lowest BCUT2D eigenvalue weighted by Crippen LogP contribution is -2.16. The van der Waals surface area contributed by atoms with E-state index in [1.807, 2.05) is 31.2 Å². The highest BCUT2D eigenvalue weighted by molar-refractivity contribution is 6.15. The standard InChI is InChI=1S/C24H27N5O3/c1-15-4-6-17(30)13-20(15)27-19-8-10-26-23-22(19)24(31)29-21-12-16(5-7-18(21)28-23)14-25-9-3-11-32-2/h4-8,10,12-13,25,30H,3,9,11,14H2,1-2H3,(H,29,31)(H2,26,27,28). The number of hydrogen-bond acceptors (Lipinski definition) is 7. The molecule has 1 aliphatic heterocycles. The predicted molar refractivity (Wildman–Crippen MR) is 126 cm³/mol. The zero-order valence-electron chi connectivity index (χ0n) is 18.2. The van der Waals surface area contributed by atoms with Crippen molar-refractivity contribution in [2.75, 3.05) is 36.2 Å². The van der Waals surface area contributed by atoms with Crippen molar-refractivity contribution in [3.8, 4) is 5.75 Å². The van der Waals surface area contributed by atoms with Crippen LogP contribution in [0.25, 0.3) is 0 Å². The molecule has 0 aliphatic carbocycles. The zero-order chi connectivity index (χ0) is 22.5. The molecule has 0 spiro atoms. The van der Waals surface area contributed by atoms with Crippen LogP contribution in [0.4, 0.5) is 28.6 Å². The van der Waals surface area contributed by atoms with Crippen molar-refractivity contribution in [2.45, 2.75) is 19.9 Å². The molecule has 1 aromatic heterocycles. The number of phenols is 1. The summed E-state index contributed by atoms with van der Waals surface area (Å²) in [7, 11) is 1.70. The number of rotatable bonds is 8. The smallest absolute Gasteiger partial charge is 0.261 e. The number of aromatic nitrogens is 1. The highest BCUT2D eigenvalue weighted by Crippen LogP contribution is 2.36. The number of carbonyl (C=O) groups excluding carboxylic acids is 1. The van der Waals surface area contributed by atoms with Crippen LogP contribution in [0, 0.1) is 6.92 Å². The van der Waals surface area contributed by atoms with Gasteiger partial charge in [-0.05, 0) is 55.3 Å². The maximum atomic E-state index is 13.2. The van der Waals surface area contributed by atoms with Crippen LogP contribution >= 0.6 is 0 Å². The van der Waals surface area contributed by atoms with E-state index < -0.39 is 0 Å². The Balaban J connectivity index is 1.56. The Morgan fingerprint density at radius 1 is 1.06 bits per heavy atom. The number of aryl methyl sites for hydroxylation is 1. The van der Waals surface area contributed by atoms with Crippen LogP contribution in [-0.4, -0.2) is 36.3 Å². The first-order valence-electron chi connectivity index (χ1n) is 10.5. The van der Waals surface area contributed by atoms with Crippen molar-refractivity contribution in [3.63, 3.8) is 0 Å². The number of methoxy groups -OCH3 is 1. The molecule has 0 saturated heterocycles. The van der Waals surface area contributed by atoms with Gasteiger partial charge in [0, 0.05) is 38.2 Å². The van der Waals surface area contributed by atoms with Crippen LogP contribution < -0.4 is 21.3 Å². The quantitative estimate of drug-likeness (QED) is 0.338. The molecule has 0 unspecified atom stereocenters. The third-order valence-corrected chi connectivity index (χ3v) is 5.28. The third kappa shape index (κ3) is 4.82. The van der Waals surface area contributed by atoms with E-state index in [2.05, 4.69) is 26.3 Å². The molecular formula is C24H27N5O3. The van der Waals surface area contributed by atoms with E-state index in [4.69, 9.17) is 4.74 Å². The minimum atomic E-state index is -0.259. The molecular weight excluding hydrogens is 406 g/mol. The monoisotopic (exact) mass is 433 g/mol. The molecule has 2 heterocycles. The molecule has 3 aromatic rings. The van der Waals surface area contributed by atoms with Gasteiger partial charge in [0.25, 0.3) is 5.91 Å². The molecule has 8 heteroatoms. The minimum absolute atomic E-state index is 0.150. The second-order valence-corrected chi connectivity index (χ2v) is 7.69. The van der Waals surface area contributed by atoms with Crippen molar-refractivity contribution in [2.24, 2.45) is 0 Å². The molecule has 166 valence electrons. The van der Waals surface area contributed by atoms with Crippen LogP contribution in [0.1, 0.15) is 27.9 Å². The first-order chi connectivity index (χ1) is 15.5. The van der Waals surface area contributed by atoms with Gasteiger partial charge in [0.05, 0.1) is 17.1 Å². The number of phenolic OH excluding ortho intramolecular Hbond substituents is 1. The van der Waals surface area contributed by atoms with Gasteiger partial charge in [0.1, 0.15) is 17.1 Å². The Hall–Kier alpha value is -3.62. The summed E-state index contributed by atoms with van der Waals surface area (Å²) in [6.45, 7) is 4.21. The van der Waals surface area contributed by atoms with Crippen molar-refractivity contribution in [1.29, 1.82) is 0 Å². The van der Waals surface area contributed by atoms with Gasteiger partial charge in [-0.3, -0.25) is 4.79 Å². The van der Waals surface area contributed by atoms with Gasteiger partial charge in [-0.2, -0.15) is 0 Å². The SMILES string of the molecule is COCCCNCc1ccc2c(c1)NC(=O)c1c(Nc3cc(O)ccc3C)ccnc1N2. The molecule has 0 bridgehead atoms. The van der Waals surface area contributed by atoms with E-state index in [0.29, 0.717) is 29.3 Å². The lowest BCUT2D eigenvalue weighted by atomic mass is 10.1. The van der Waals surface area contributed by atoms with Crippen LogP contribution in [0.2, 0.25) is 0 Å². The van der Waals surface area contributed by atoms with Gasteiger partial charge in [0.15, 0.2) is 0 Å². The number of amides is 1. The van der Waals surface area contributed by atoms with Crippen molar-refractivity contribution in [3.05, 3.63) is 65.4 Å². The highest BCUT2D eigenvalue weighted by Gasteiger charge is 2.24. The lowest BCUT2D eigenvalue weighted by Gasteiger charge is -2.14. The first kappa shape index (κ1) is 21.6. The number of carbonyl (C=O) groups is 1. The van der Waals surface area contributed by atoms with Gasteiger partial charge in [-0.15, -0.1) is 0 Å². The Morgan fingerprint density at radius 3 is 2.78 bits per heavy atom. The Kier molecular flexibility index (Phi) is 6.53. The zero-order valence-corrected chi connectivity index (χ0v) is 18.2. The molecule has 2 aromatic carbocycles. The Bertz CT molecular complexity index is 1130. The number of pyridine rings is 1. The summed E-state index contributed by atoms with van der Waals surface area (Å²) < 4.78 is 5.07. The van der Waals surface area contributed by atoms with Gasteiger partial charge in [-0.1, -0.05) is 12.1 Å². The van der Waals surface area contributed by atoms with Crippen LogP contribution in [0.15, 0.2) is 48.7 Å². The van der Waals surface area contributed by atoms with Gasteiger partial charge < -0.3 is 31.1 Å². The van der Waals surface area contributed by atoms with Crippen molar-refractivity contribution < 1.29 is 14.6 Å². The summed E-state index contributed by atoms with van der Waals surface area (Å²) in [5, 5.41) is 22.8. The summed E-state index contributed by atoms with van der Waals surface area (Å²) in [6, 6.07) is 12.7. The number of aromatic hydroxyl groups is 1. The van der Waals surface area contributed by atoms with Gasteiger partial charge in [-0.25, -0.2) is 4.98 Å². The number of nitrogens with one attached hydrogen (secondary N) is 4. The number of anilines is 5. The summed E-state index contributed by atoms with van der Waals surface area (Å²) in [4.78, 5) is 17.6. The molecule has 0 fully saturated rings. The molecule has 0 saturated carbocycles. The van der Waals surface area contributed by atoms with E-state index in [9.17, 15) is 9.90 Å². The normalized spacial score (nSPS) is 12.2. The maximum Gasteiger partial charge on any atom is 0.261 e. The summed E-state index contributed by atoms with van der Waals surface area (Å²) in [5.41, 5.74) is 5.21. The fourth-order valence-electron chi connectivity index (χ4n) is 3.58. The van der Waals surface area contributed by atoms with Gasteiger partial charge >= 0.3 is 0 Å². The van der Waals surface area contributed by atoms with E-state index in [0.717, 1.165) is 42.1 Å². The van der Waals surface area contributed by atoms with E-state index in [1.165, 1.54) is 0 Å². The summed E-state index contributed by atoms with van der Waals surface area (Å²) in [5.74, 6) is 0.357. The van der Waals surface area contributed by atoms with Crippen LogP contribution in [0.3, 0.4) is 0 Å². The number of benzene rings is 2. The lowest BCUT2D eigenvalue weighted by molar-refractivity contribution is 0.102. The highest BCUT2D eigenvalue weighted by atomic mass is 16.5. The molecule has 5 N–H and O–H groups in total. The molecule has 0 radical (unpaired) electrons. The van der Waals surface area contributed by atoms with Crippen LogP contribution in [0.5, 0.6) is 5.75 Å². The van der Waals surface area contributed by atoms with Crippen molar-refractivity contribution >= 4 is 34.5 Å². The molecule has 8 nitrogen and oxygen atoms in total. The largest absolute Gasteiger partial charge is 0.508 e. The fraction of sp³-hybridized carbons (Fsp3) is 0.250. The number of fused-ring (bicyclic) bond motifs is 2. The maximum absolute atomic E-state index is 13.2. The van der Waals surface area contributed by atoms with Crippen LogP contribution in [-0.2, 0) is 11.3 Å². The van der Waals surface area contributed by atoms with Crippen molar-refractivity contribution in [1.82, 2.24) is 10.3 Å².